The van der Waals surface area contributed by atoms with Crippen LogP contribution in [0.4, 0.5) is 0 Å². The Morgan fingerprint density at radius 3 is 2.36 bits per heavy atom. The van der Waals surface area contributed by atoms with Crippen LogP contribution < -0.4 is 35.2 Å². The number of fused-ring (bicyclic) bond motifs is 1. The van der Waals surface area contributed by atoms with Crippen LogP contribution in [0.25, 0.3) is 11.0 Å². The third kappa shape index (κ3) is 4.81. The van der Waals surface area contributed by atoms with Gasteiger partial charge >= 0.3 is 35.2 Å². The molecule has 0 bridgehead atoms. The van der Waals surface area contributed by atoms with Gasteiger partial charge < -0.3 is 11.0 Å². The first kappa shape index (κ1) is 22.1. The number of benzene rings is 2. The number of para-hydroxylation sites is 1. The Labute approximate surface area is 189 Å². The first-order valence-electron chi connectivity index (χ1n) is 7.37. The molecule has 6 heteroatoms. The predicted molar refractivity (Wildman–Crippen MR) is 94.6 cm³/mol. The second kappa shape index (κ2) is 9.66. The fourth-order valence-corrected chi connectivity index (χ4v) is 2.81. The normalized spacial score (nSPS) is 11.2. The van der Waals surface area contributed by atoms with Crippen molar-refractivity contribution in [2.75, 3.05) is 0 Å². The summed E-state index contributed by atoms with van der Waals surface area (Å²) in [5.41, 5.74) is 0.635. The van der Waals surface area contributed by atoms with E-state index in [1.54, 1.807) is 24.3 Å². The van der Waals surface area contributed by atoms with Crippen LogP contribution in [0.2, 0.25) is 0 Å². The molecule has 2 aromatic carbocycles. The smallest absolute Gasteiger partial charge is 1.00 e. The van der Waals surface area contributed by atoms with E-state index in [0.717, 1.165) is 5.56 Å². The molecule has 0 saturated carbocycles. The van der Waals surface area contributed by atoms with Gasteiger partial charge in [0.25, 0.3) is 0 Å². The molecule has 0 aliphatic heterocycles. The monoisotopic (exact) mass is 540 g/mol. The Hall–Kier alpha value is -0.958. The Morgan fingerprint density at radius 1 is 1.12 bits per heavy atom. The standard InChI is InChI=1S/C19H16O4.Na.Pb.H/c1-12(20)11-15(13-7-3-2-4-8-13)17-18(21)14-9-5-6-10-16(14)23-19(17)22;;;/h2-10,15,21H,11H2,1H3;;;/q;+1;;-1. The van der Waals surface area contributed by atoms with Crippen LogP contribution in [-0.2, 0) is 4.79 Å². The summed E-state index contributed by atoms with van der Waals surface area (Å²) in [5.74, 6) is -0.715. The van der Waals surface area contributed by atoms with Gasteiger partial charge in [-0.15, -0.1) is 0 Å². The number of hydrogen-bond acceptors (Lipinski definition) is 4. The molecule has 0 saturated heterocycles. The summed E-state index contributed by atoms with van der Waals surface area (Å²) in [6.07, 6.45) is 0.126. The molecule has 0 spiro atoms. The molecule has 3 rings (SSSR count). The van der Waals surface area contributed by atoms with Crippen molar-refractivity contribution < 1.29 is 45.3 Å². The van der Waals surface area contributed by atoms with Crippen molar-refractivity contribution in [1.82, 2.24) is 0 Å². The average Bonchev–Trinajstić information content (AvgIpc) is 2.54. The van der Waals surface area contributed by atoms with Crippen molar-refractivity contribution >= 4 is 44.1 Å². The van der Waals surface area contributed by atoms with Crippen molar-refractivity contribution in [2.24, 2.45) is 0 Å². The van der Waals surface area contributed by atoms with Gasteiger partial charge in [-0.2, -0.15) is 0 Å². The molecule has 0 aliphatic carbocycles. The molecule has 1 atom stereocenters. The Bertz CT molecular complexity index is 928. The minimum absolute atomic E-state index is 0. The van der Waals surface area contributed by atoms with Gasteiger partial charge in [0.15, 0.2) is 0 Å². The molecule has 122 valence electrons. The minimum atomic E-state index is -0.615. The summed E-state index contributed by atoms with van der Waals surface area (Å²) in [4.78, 5) is 24.1. The van der Waals surface area contributed by atoms with Gasteiger partial charge in [-0.25, -0.2) is 4.79 Å². The van der Waals surface area contributed by atoms with Crippen LogP contribution in [0.15, 0.2) is 63.8 Å². The summed E-state index contributed by atoms with van der Waals surface area (Å²) in [7, 11) is 0. The van der Waals surface area contributed by atoms with Crippen LogP contribution in [0.5, 0.6) is 5.75 Å². The molecular formula is C19H17NaO4Pb. The number of rotatable bonds is 4. The van der Waals surface area contributed by atoms with Crippen LogP contribution in [-0.4, -0.2) is 38.2 Å². The van der Waals surface area contributed by atoms with Crippen LogP contribution in [0.1, 0.15) is 31.8 Å². The summed E-state index contributed by atoms with van der Waals surface area (Å²) in [5, 5.41) is 11.1. The molecule has 1 aromatic heterocycles. The molecule has 1 heterocycles. The van der Waals surface area contributed by atoms with Crippen LogP contribution >= 0.6 is 0 Å². The van der Waals surface area contributed by atoms with Gasteiger partial charge in [0.1, 0.15) is 17.1 Å². The van der Waals surface area contributed by atoms with Gasteiger partial charge in [-0.1, -0.05) is 42.5 Å². The van der Waals surface area contributed by atoms with E-state index in [1.807, 2.05) is 30.3 Å². The molecule has 1 unspecified atom stereocenters. The fourth-order valence-electron chi connectivity index (χ4n) is 2.81. The van der Waals surface area contributed by atoms with Crippen molar-refractivity contribution in [2.45, 2.75) is 19.3 Å². The van der Waals surface area contributed by atoms with E-state index >= 15 is 0 Å². The molecule has 1 N–H and O–H groups in total. The van der Waals surface area contributed by atoms with Gasteiger partial charge in [-0.3, -0.25) is 4.79 Å². The topological polar surface area (TPSA) is 67.5 Å². The van der Waals surface area contributed by atoms with E-state index < -0.39 is 11.5 Å². The average molecular weight is 540 g/mol. The van der Waals surface area contributed by atoms with Crippen molar-refractivity contribution in [3.63, 3.8) is 0 Å². The molecule has 0 aliphatic rings. The maximum atomic E-state index is 12.4. The number of hydrogen-bond donors (Lipinski definition) is 1. The zero-order valence-electron chi connectivity index (χ0n) is 15.2. The second-order valence-electron chi connectivity index (χ2n) is 5.52. The first-order chi connectivity index (χ1) is 11.1. The summed E-state index contributed by atoms with van der Waals surface area (Å²) in [6.45, 7) is 1.47. The zero-order chi connectivity index (χ0) is 16.4. The van der Waals surface area contributed by atoms with E-state index in [9.17, 15) is 14.7 Å². The number of aromatic hydroxyl groups is 1. The number of Topliss-reactive ketones (excluding diaryl/α,β-unsaturated/α-hetero) is 1. The van der Waals surface area contributed by atoms with Crippen molar-refractivity contribution in [1.29, 1.82) is 0 Å². The van der Waals surface area contributed by atoms with Gasteiger partial charge in [-0.05, 0) is 24.6 Å². The third-order valence-corrected chi connectivity index (χ3v) is 3.86. The predicted octanol–water partition coefficient (Wildman–Crippen LogP) is 0.345. The van der Waals surface area contributed by atoms with Crippen molar-refractivity contribution in [3.8, 4) is 5.75 Å². The van der Waals surface area contributed by atoms with E-state index in [0.29, 0.717) is 11.0 Å². The van der Waals surface area contributed by atoms with Gasteiger partial charge in [0, 0.05) is 39.6 Å². The van der Waals surface area contributed by atoms with Crippen LogP contribution in [0, 0.1) is 0 Å². The second-order valence-corrected chi connectivity index (χ2v) is 5.52. The first-order valence-corrected chi connectivity index (χ1v) is 7.37. The fraction of sp³-hybridized carbons (Fsp3) is 0.158. The van der Waals surface area contributed by atoms with E-state index in [1.165, 1.54) is 6.92 Å². The zero-order valence-corrected chi connectivity index (χ0v) is 20.0. The SMILES string of the molecule is CC(=O)CC(c1ccccc1)c1c(O)c2ccccc2oc1=O.[H-].[Na+].[Pb]. The molecule has 0 amide bonds. The van der Waals surface area contributed by atoms with Crippen molar-refractivity contribution in [3.05, 3.63) is 76.1 Å². The number of carbonyl (C=O) groups excluding carboxylic acids is 1. The maximum Gasteiger partial charge on any atom is 1.00 e. The van der Waals surface area contributed by atoms with Gasteiger partial charge in [0.05, 0.1) is 10.9 Å². The van der Waals surface area contributed by atoms with Crippen LogP contribution in [0.3, 0.4) is 0 Å². The molecular weight excluding hydrogens is 522 g/mol. The summed E-state index contributed by atoms with van der Waals surface area (Å²) in [6, 6.07) is 16.0. The minimum Gasteiger partial charge on any atom is -1.00 e. The molecule has 4 nitrogen and oxygen atoms in total. The van der Waals surface area contributed by atoms with E-state index in [-0.39, 0.29) is 81.8 Å². The third-order valence-electron chi connectivity index (χ3n) is 3.86. The Kier molecular flexibility index (Phi) is 8.53. The molecule has 3 aromatic rings. The quantitative estimate of drug-likeness (QED) is 0.384. The van der Waals surface area contributed by atoms with Gasteiger partial charge in [0.2, 0.25) is 0 Å². The Morgan fingerprint density at radius 2 is 1.72 bits per heavy atom. The number of ketones is 1. The molecule has 25 heavy (non-hydrogen) atoms. The van der Waals surface area contributed by atoms with E-state index in [2.05, 4.69) is 0 Å². The van der Waals surface area contributed by atoms with E-state index in [4.69, 9.17) is 4.42 Å². The molecule has 4 radical (unpaired) electrons. The molecule has 0 fully saturated rings. The summed E-state index contributed by atoms with van der Waals surface area (Å²) < 4.78 is 5.33. The maximum absolute atomic E-state index is 12.4. The summed E-state index contributed by atoms with van der Waals surface area (Å²) >= 11 is 0. The number of carbonyl (C=O) groups is 1. The largest absolute Gasteiger partial charge is 1.00 e. The Balaban J connectivity index is 0.00000208.